The number of esters is 1. The first-order valence-electron chi connectivity index (χ1n) is 11.3. The second kappa shape index (κ2) is 7.30. The summed E-state index contributed by atoms with van der Waals surface area (Å²) >= 11 is 0. The minimum absolute atomic E-state index is 0.0830. The van der Waals surface area contributed by atoms with Crippen molar-refractivity contribution in [3.8, 4) is 11.1 Å². The van der Waals surface area contributed by atoms with E-state index in [0.717, 1.165) is 37.9 Å². The van der Waals surface area contributed by atoms with Gasteiger partial charge in [0.15, 0.2) is 0 Å². The topological polar surface area (TPSA) is 29.5 Å². The van der Waals surface area contributed by atoms with Gasteiger partial charge < -0.3 is 9.64 Å². The minimum atomic E-state index is -0.463. The third-order valence-electron chi connectivity index (χ3n) is 6.62. The SMILES string of the molecule is CC(C)(C)OC(=O)C1CCC(N2CCCC2)=c2c1ccc1c2=CCc2ccccc2-1. The van der Waals surface area contributed by atoms with E-state index in [9.17, 15) is 4.79 Å². The van der Waals surface area contributed by atoms with Crippen LogP contribution in [-0.4, -0.2) is 29.6 Å². The summed E-state index contributed by atoms with van der Waals surface area (Å²) in [4.78, 5) is 15.7. The molecule has 0 aromatic heterocycles. The zero-order valence-corrected chi connectivity index (χ0v) is 18.3. The Bertz CT molecular complexity index is 1120. The molecule has 5 rings (SSSR count). The molecule has 1 aliphatic heterocycles. The summed E-state index contributed by atoms with van der Waals surface area (Å²) in [5, 5.41) is 2.63. The van der Waals surface area contributed by atoms with Crippen molar-refractivity contribution in [2.75, 3.05) is 13.1 Å². The van der Waals surface area contributed by atoms with E-state index in [2.05, 4.69) is 47.4 Å². The number of fused-ring (bicyclic) bond motifs is 5. The molecule has 3 heteroatoms. The van der Waals surface area contributed by atoms with Gasteiger partial charge >= 0.3 is 5.97 Å². The van der Waals surface area contributed by atoms with Gasteiger partial charge in [0.05, 0.1) is 5.92 Å². The van der Waals surface area contributed by atoms with Gasteiger partial charge in [-0.15, -0.1) is 0 Å². The van der Waals surface area contributed by atoms with Crippen LogP contribution in [0.5, 0.6) is 0 Å². The van der Waals surface area contributed by atoms with Crippen LogP contribution >= 0.6 is 0 Å². The fourth-order valence-electron chi connectivity index (χ4n) is 5.35. The molecule has 1 fully saturated rings. The van der Waals surface area contributed by atoms with Gasteiger partial charge in [0.2, 0.25) is 0 Å². The summed E-state index contributed by atoms with van der Waals surface area (Å²) in [6, 6.07) is 13.1. The molecule has 1 unspecified atom stereocenters. The molecule has 3 aliphatic rings. The van der Waals surface area contributed by atoms with Crippen molar-refractivity contribution in [1.82, 2.24) is 4.90 Å². The van der Waals surface area contributed by atoms with Gasteiger partial charge in [0, 0.05) is 24.0 Å². The Morgan fingerprint density at radius 2 is 1.80 bits per heavy atom. The number of hydrogen-bond acceptors (Lipinski definition) is 3. The highest BCUT2D eigenvalue weighted by Gasteiger charge is 2.33. The van der Waals surface area contributed by atoms with Crippen molar-refractivity contribution in [2.24, 2.45) is 0 Å². The van der Waals surface area contributed by atoms with E-state index in [1.807, 2.05) is 20.8 Å². The monoisotopic (exact) mass is 401 g/mol. The lowest BCUT2D eigenvalue weighted by molar-refractivity contribution is -0.157. The third-order valence-corrected chi connectivity index (χ3v) is 6.62. The van der Waals surface area contributed by atoms with Crippen LogP contribution in [0.4, 0.5) is 0 Å². The molecule has 2 aromatic carbocycles. The van der Waals surface area contributed by atoms with Crippen molar-refractivity contribution < 1.29 is 9.53 Å². The van der Waals surface area contributed by atoms with Gasteiger partial charge in [-0.25, -0.2) is 0 Å². The summed E-state index contributed by atoms with van der Waals surface area (Å²) in [6.45, 7) is 8.12. The second-order valence-electron chi connectivity index (χ2n) is 9.82. The average molecular weight is 402 g/mol. The summed E-state index contributed by atoms with van der Waals surface area (Å²) in [5.74, 6) is -0.262. The number of benzene rings is 2. The van der Waals surface area contributed by atoms with Crippen LogP contribution < -0.4 is 10.4 Å². The summed E-state index contributed by atoms with van der Waals surface area (Å²) in [6.07, 6.45) is 7.63. The smallest absolute Gasteiger partial charge is 0.313 e. The molecule has 156 valence electrons. The Hall–Kier alpha value is -2.55. The molecule has 2 aliphatic carbocycles. The Morgan fingerprint density at radius 3 is 2.57 bits per heavy atom. The zero-order valence-electron chi connectivity index (χ0n) is 18.3. The molecule has 1 atom stereocenters. The fraction of sp³-hybridized carbons (Fsp3) is 0.444. The first-order valence-corrected chi connectivity index (χ1v) is 11.3. The normalized spacial score (nSPS) is 20.2. The van der Waals surface area contributed by atoms with E-state index in [4.69, 9.17) is 4.74 Å². The molecule has 0 amide bonds. The maximum absolute atomic E-state index is 13.1. The van der Waals surface area contributed by atoms with Crippen molar-refractivity contribution in [2.45, 2.75) is 64.4 Å². The molecule has 0 spiro atoms. The van der Waals surface area contributed by atoms with Crippen molar-refractivity contribution in [3.63, 3.8) is 0 Å². The molecule has 0 saturated carbocycles. The van der Waals surface area contributed by atoms with Crippen molar-refractivity contribution >= 4 is 17.7 Å². The van der Waals surface area contributed by atoms with Gasteiger partial charge in [-0.3, -0.25) is 4.79 Å². The number of carbonyl (C=O) groups is 1. The minimum Gasteiger partial charge on any atom is -0.459 e. The number of ether oxygens (including phenoxy) is 1. The quantitative estimate of drug-likeness (QED) is 0.709. The molecule has 30 heavy (non-hydrogen) atoms. The fourth-order valence-corrected chi connectivity index (χ4v) is 5.35. The molecule has 0 bridgehead atoms. The first kappa shape index (κ1) is 19.4. The Kier molecular flexibility index (Phi) is 4.72. The molecule has 1 saturated heterocycles. The van der Waals surface area contributed by atoms with Crippen molar-refractivity contribution in [1.29, 1.82) is 0 Å². The van der Waals surface area contributed by atoms with E-state index in [0.29, 0.717) is 0 Å². The predicted molar refractivity (Wildman–Crippen MR) is 121 cm³/mol. The standard InChI is InChI=1S/C27H31NO2/c1-27(2,3)30-26(29)23-14-15-24(28-16-6-7-17-28)25-21-11-10-18-8-4-5-9-19(18)20(21)12-13-22(23)25/h4-5,8-9,11-13,23H,6-7,10,14-17H2,1-3H3. The highest BCUT2D eigenvalue weighted by atomic mass is 16.6. The van der Waals surface area contributed by atoms with Crippen LogP contribution in [0.3, 0.4) is 0 Å². The highest BCUT2D eigenvalue weighted by molar-refractivity contribution is 5.82. The molecular weight excluding hydrogens is 370 g/mol. The lowest BCUT2D eigenvalue weighted by atomic mass is 9.81. The van der Waals surface area contributed by atoms with E-state index in [1.54, 1.807) is 0 Å². The summed E-state index contributed by atoms with van der Waals surface area (Å²) in [5.41, 5.74) is 6.15. The van der Waals surface area contributed by atoms with Crippen LogP contribution in [0.25, 0.3) is 22.9 Å². The second-order valence-corrected chi connectivity index (χ2v) is 9.82. The number of nitrogens with zero attached hydrogens (tertiary/aromatic N) is 1. The Morgan fingerprint density at radius 1 is 1.03 bits per heavy atom. The van der Waals surface area contributed by atoms with Crippen molar-refractivity contribution in [3.05, 3.63) is 58.0 Å². The molecule has 3 nitrogen and oxygen atoms in total. The van der Waals surface area contributed by atoms with E-state index >= 15 is 0 Å². The lowest BCUT2D eigenvalue weighted by Crippen LogP contribution is -2.43. The Balaban J connectivity index is 1.72. The van der Waals surface area contributed by atoms with Crippen LogP contribution in [-0.2, 0) is 16.0 Å². The highest BCUT2D eigenvalue weighted by Crippen LogP contribution is 2.33. The maximum atomic E-state index is 13.1. The molecule has 0 N–H and O–H groups in total. The average Bonchev–Trinajstić information content (AvgIpc) is 3.25. The van der Waals surface area contributed by atoms with Crippen LogP contribution in [0.2, 0.25) is 0 Å². The van der Waals surface area contributed by atoms with Crippen LogP contribution in [0.1, 0.15) is 63.5 Å². The molecule has 2 aromatic rings. The van der Waals surface area contributed by atoms with Gasteiger partial charge in [-0.1, -0.05) is 42.5 Å². The summed E-state index contributed by atoms with van der Waals surface area (Å²) < 4.78 is 5.82. The Labute approximate surface area is 179 Å². The number of likely N-dealkylation sites (tertiary alicyclic amines) is 1. The largest absolute Gasteiger partial charge is 0.459 e. The van der Waals surface area contributed by atoms with E-state index in [-0.39, 0.29) is 11.9 Å². The molecule has 0 radical (unpaired) electrons. The zero-order chi connectivity index (χ0) is 20.9. The lowest BCUT2D eigenvalue weighted by Gasteiger charge is -2.32. The number of hydrogen-bond donors (Lipinski definition) is 0. The van der Waals surface area contributed by atoms with E-state index in [1.165, 1.54) is 45.7 Å². The third kappa shape index (κ3) is 3.34. The molecular formula is C27H31NO2. The van der Waals surface area contributed by atoms with Gasteiger partial charge in [-0.2, -0.15) is 0 Å². The van der Waals surface area contributed by atoms with Gasteiger partial charge in [0.25, 0.3) is 0 Å². The predicted octanol–water partition coefficient (Wildman–Crippen LogP) is 4.11. The molecule has 1 heterocycles. The first-order chi connectivity index (χ1) is 14.4. The maximum Gasteiger partial charge on any atom is 0.313 e. The van der Waals surface area contributed by atoms with Gasteiger partial charge in [-0.05, 0) is 80.3 Å². The number of carbonyl (C=O) groups excluding carboxylic acids is 1. The van der Waals surface area contributed by atoms with Crippen LogP contribution in [0.15, 0.2) is 36.4 Å². The van der Waals surface area contributed by atoms with E-state index < -0.39 is 5.60 Å². The van der Waals surface area contributed by atoms with Crippen LogP contribution in [0, 0.1) is 0 Å². The number of rotatable bonds is 2. The van der Waals surface area contributed by atoms with Gasteiger partial charge in [0.1, 0.15) is 5.60 Å². The summed E-state index contributed by atoms with van der Waals surface area (Å²) in [7, 11) is 0.